The summed E-state index contributed by atoms with van der Waals surface area (Å²) in [6.45, 7) is 7.30. The molecule has 2 heterocycles. The number of unbranched alkanes of at least 4 members (excludes halogenated alkanes) is 2. The molecular weight excluding hydrogens is 252 g/mol. The van der Waals surface area contributed by atoms with Crippen LogP contribution < -0.4 is 0 Å². The Morgan fingerprint density at radius 2 is 2.00 bits per heavy atom. The van der Waals surface area contributed by atoms with E-state index in [4.69, 9.17) is 9.15 Å². The molecule has 0 spiro atoms. The zero-order valence-corrected chi connectivity index (χ0v) is 11.6. The minimum absolute atomic E-state index is 0.240. The molecule has 1 aromatic rings. The maximum absolute atomic E-state index is 11.4. The molecule has 0 saturated heterocycles. The summed E-state index contributed by atoms with van der Waals surface area (Å²) in [5, 5.41) is 0. The highest BCUT2D eigenvalue weighted by Crippen LogP contribution is 2.20. The topological polar surface area (TPSA) is 39.4 Å². The Morgan fingerprint density at radius 1 is 1.20 bits per heavy atom. The van der Waals surface area contributed by atoms with E-state index in [-0.39, 0.29) is 12.1 Å². The van der Waals surface area contributed by atoms with Gasteiger partial charge in [0, 0.05) is 12.8 Å². The van der Waals surface area contributed by atoms with Crippen molar-refractivity contribution in [3.05, 3.63) is 60.6 Å². The molecule has 0 radical (unpaired) electrons. The van der Waals surface area contributed by atoms with Crippen molar-refractivity contribution in [2.75, 3.05) is 0 Å². The molecule has 1 aliphatic rings. The molecule has 1 aliphatic heterocycles. The van der Waals surface area contributed by atoms with Crippen LogP contribution in [-0.2, 0) is 22.4 Å². The Balaban J connectivity index is 1.84. The third-order valence-corrected chi connectivity index (χ3v) is 3.28. The van der Waals surface area contributed by atoms with Crippen molar-refractivity contribution in [3.8, 4) is 0 Å². The Morgan fingerprint density at radius 3 is 2.70 bits per heavy atom. The van der Waals surface area contributed by atoms with Crippen molar-refractivity contribution < 1.29 is 13.9 Å². The summed E-state index contributed by atoms with van der Waals surface area (Å²) in [5.74, 6) is 1.53. The predicted molar refractivity (Wildman–Crippen MR) is 78.3 cm³/mol. The number of aryl methyl sites for hydroxylation is 1. The summed E-state index contributed by atoms with van der Waals surface area (Å²) in [7, 11) is 0. The fourth-order valence-corrected chi connectivity index (χ4v) is 2.21. The molecule has 20 heavy (non-hydrogen) atoms. The number of esters is 1. The first-order valence-electron chi connectivity index (χ1n) is 6.96. The average Bonchev–Trinajstić information content (AvgIpc) is 3.02. The van der Waals surface area contributed by atoms with Gasteiger partial charge in [0.1, 0.15) is 17.6 Å². The zero-order valence-electron chi connectivity index (χ0n) is 11.6. The van der Waals surface area contributed by atoms with Gasteiger partial charge in [-0.15, -0.1) is 6.58 Å². The second kappa shape index (κ2) is 6.94. The second-order valence-corrected chi connectivity index (χ2v) is 4.88. The lowest BCUT2D eigenvalue weighted by Gasteiger charge is -2.05. The highest BCUT2D eigenvalue weighted by atomic mass is 16.5. The number of hydrogen-bond donors (Lipinski definition) is 0. The molecule has 1 atom stereocenters. The number of furan rings is 1. The monoisotopic (exact) mass is 272 g/mol. The maximum atomic E-state index is 11.4. The van der Waals surface area contributed by atoms with Crippen LogP contribution in [0, 0.1) is 0 Å². The van der Waals surface area contributed by atoms with Gasteiger partial charge in [-0.3, -0.25) is 0 Å². The summed E-state index contributed by atoms with van der Waals surface area (Å²) in [6.07, 6.45) is 9.80. The van der Waals surface area contributed by atoms with Gasteiger partial charge in [0.05, 0.1) is 5.57 Å². The van der Waals surface area contributed by atoms with E-state index >= 15 is 0 Å². The van der Waals surface area contributed by atoms with Gasteiger partial charge in [0.2, 0.25) is 0 Å². The SMILES string of the molecule is C=CCCCCc1ccc(C[C@@H]2C=C(C=C)C(=O)O2)o1. The van der Waals surface area contributed by atoms with Crippen molar-refractivity contribution in [2.45, 2.75) is 38.2 Å². The van der Waals surface area contributed by atoms with Crippen LogP contribution in [0.3, 0.4) is 0 Å². The number of carbonyl (C=O) groups excluding carboxylic acids is 1. The number of hydrogen-bond acceptors (Lipinski definition) is 3. The first kappa shape index (κ1) is 14.4. The Labute approximate surface area is 119 Å². The van der Waals surface area contributed by atoms with Crippen LogP contribution >= 0.6 is 0 Å². The largest absolute Gasteiger partial charge is 0.466 e. The van der Waals surface area contributed by atoms with Crippen LogP contribution in [0.25, 0.3) is 0 Å². The van der Waals surface area contributed by atoms with E-state index in [1.165, 1.54) is 6.08 Å². The van der Waals surface area contributed by atoms with Crippen molar-refractivity contribution in [1.82, 2.24) is 0 Å². The molecule has 0 fully saturated rings. The Kier molecular flexibility index (Phi) is 4.99. The quantitative estimate of drug-likeness (QED) is 0.411. The minimum atomic E-state index is -0.304. The second-order valence-electron chi connectivity index (χ2n) is 4.88. The predicted octanol–water partition coefficient (Wildman–Crippen LogP) is 3.76. The highest BCUT2D eigenvalue weighted by molar-refractivity contribution is 5.93. The lowest BCUT2D eigenvalue weighted by molar-refractivity contribution is -0.139. The number of ether oxygens (including phenoxy) is 1. The molecule has 1 aromatic heterocycles. The van der Waals surface area contributed by atoms with E-state index in [0.717, 1.165) is 37.2 Å². The van der Waals surface area contributed by atoms with E-state index in [2.05, 4.69) is 13.2 Å². The van der Waals surface area contributed by atoms with Crippen LogP contribution in [0.15, 0.2) is 53.5 Å². The molecule has 0 aliphatic carbocycles. The van der Waals surface area contributed by atoms with Crippen molar-refractivity contribution in [3.63, 3.8) is 0 Å². The fraction of sp³-hybridized carbons (Fsp3) is 0.353. The van der Waals surface area contributed by atoms with E-state index in [1.54, 1.807) is 6.08 Å². The molecule has 0 amide bonds. The van der Waals surface area contributed by atoms with Crippen molar-refractivity contribution >= 4 is 5.97 Å². The maximum Gasteiger partial charge on any atom is 0.338 e. The van der Waals surface area contributed by atoms with Gasteiger partial charge in [-0.2, -0.15) is 0 Å². The number of cyclic esters (lactones) is 1. The zero-order chi connectivity index (χ0) is 14.4. The molecule has 0 bridgehead atoms. The average molecular weight is 272 g/mol. The van der Waals surface area contributed by atoms with E-state index < -0.39 is 0 Å². The van der Waals surface area contributed by atoms with Crippen LogP contribution in [0.5, 0.6) is 0 Å². The fourth-order valence-electron chi connectivity index (χ4n) is 2.21. The molecule has 2 rings (SSSR count). The van der Waals surface area contributed by atoms with Crippen molar-refractivity contribution in [1.29, 1.82) is 0 Å². The first-order valence-corrected chi connectivity index (χ1v) is 6.96. The van der Waals surface area contributed by atoms with Gasteiger partial charge in [0.15, 0.2) is 0 Å². The summed E-state index contributed by atoms with van der Waals surface area (Å²) in [6, 6.07) is 3.95. The van der Waals surface area contributed by atoms with Gasteiger partial charge in [-0.1, -0.05) is 18.7 Å². The van der Waals surface area contributed by atoms with Gasteiger partial charge >= 0.3 is 5.97 Å². The summed E-state index contributed by atoms with van der Waals surface area (Å²) in [4.78, 5) is 11.4. The molecular formula is C17H20O3. The van der Waals surface area contributed by atoms with Crippen LogP contribution in [0.4, 0.5) is 0 Å². The summed E-state index contributed by atoms with van der Waals surface area (Å²) in [5.41, 5.74) is 0.534. The highest BCUT2D eigenvalue weighted by Gasteiger charge is 2.24. The summed E-state index contributed by atoms with van der Waals surface area (Å²) >= 11 is 0. The third kappa shape index (κ3) is 3.73. The molecule has 0 unspecified atom stereocenters. The smallest absolute Gasteiger partial charge is 0.338 e. The van der Waals surface area contributed by atoms with E-state index in [9.17, 15) is 4.79 Å². The lowest BCUT2D eigenvalue weighted by atomic mass is 10.1. The number of allylic oxidation sites excluding steroid dienone is 1. The Hall–Kier alpha value is -2.03. The molecule has 0 aromatic carbocycles. The van der Waals surface area contributed by atoms with E-state index in [1.807, 2.05) is 18.2 Å². The standard InChI is InChI=1S/C17H20O3/c1-3-5-6-7-8-14-9-10-15(19-14)12-16-11-13(4-2)17(18)20-16/h3-4,9-11,16H,1-2,5-8,12H2/t16-/m0/s1. The van der Waals surface area contributed by atoms with Crippen LogP contribution in [-0.4, -0.2) is 12.1 Å². The summed E-state index contributed by atoms with van der Waals surface area (Å²) < 4.78 is 11.0. The number of carbonyl (C=O) groups is 1. The van der Waals surface area contributed by atoms with E-state index in [0.29, 0.717) is 12.0 Å². The molecule has 3 nitrogen and oxygen atoms in total. The van der Waals surface area contributed by atoms with Gasteiger partial charge in [-0.25, -0.2) is 4.79 Å². The minimum Gasteiger partial charge on any atom is -0.466 e. The number of rotatable bonds is 8. The Bertz CT molecular complexity index is 522. The van der Waals surface area contributed by atoms with Crippen LogP contribution in [0.2, 0.25) is 0 Å². The lowest BCUT2D eigenvalue weighted by Crippen LogP contribution is -2.10. The third-order valence-electron chi connectivity index (χ3n) is 3.28. The molecule has 0 N–H and O–H groups in total. The van der Waals surface area contributed by atoms with Crippen molar-refractivity contribution in [2.24, 2.45) is 0 Å². The van der Waals surface area contributed by atoms with Crippen LogP contribution in [0.1, 0.15) is 30.8 Å². The van der Waals surface area contributed by atoms with Gasteiger partial charge in [0.25, 0.3) is 0 Å². The molecule has 3 heteroatoms. The first-order chi connectivity index (χ1) is 9.72. The van der Waals surface area contributed by atoms with Gasteiger partial charge in [-0.05, 0) is 37.5 Å². The molecule has 106 valence electrons. The van der Waals surface area contributed by atoms with Gasteiger partial charge < -0.3 is 9.15 Å². The molecule has 0 saturated carbocycles. The normalized spacial score (nSPS) is 17.7.